The van der Waals surface area contributed by atoms with Crippen LogP contribution in [0.4, 0.5) is 0 Å². The Bertz CT molecular complexity index is 526. The van der Waals surface area contributed by atoms with E-state index in [4.69, 9.17) is 0 Å². The maximum absolute atomic E-state index is 2.25. The molecule has 0 aliphatic rings. The van der Waals surface area contributed by atoms with E-state index >= 15 is 0 Å². The van der Waals surface area contributed by atoms with Gasteiger partial charge >= 0.3 is 0 Å². The van der Waals surface area contributed by atoms with Crippen molar-refractivity contribution in [3.05, 3.63) is 77.4 Å². The Labute approximate surface area is 122 Å². The van der Waals surface area contributed by atoms with Crippen LogP contribution in [0.15, 0.2) is 66.2 Å². The van der Waals surface area contributed by atoms with E-state index in [9.17, 15) is 0 Å². The molecule has 1 heteroatoms. The maximum Gasteiger partial charge on any atom is 0.0279 e. The van der Waals surface area contributed by atoms with Crippen molar-refractivity contribution in [2.24, 2.45) is 0 Å². The average molecular weight is 265 g/mol. The van der Waals surface area contributed by atoms with Crippen molar-refractivity contribution in [1.29, 1.82) is 0 Å². The SMILES string of the molecule is CC(=C(c1ccccc1)c1ccccc1)C(C)N(C)C. The number of likely N-dealkylation sites (N-methyl/N-ethyl adjacent to an activating group) is 1. The molecule has 1 nitrogen and oxygen atoms in total. The molecular formula is C19H23N. The van der Waals surface area contributed by atoms with Crippen LogP contribution >= 0.6 is 0 Å². The Morgan fingerprint density at radius 3 is 1.55 bits per heavy atom. The molecule has 0 saturated heterocycles. The second-order valence-corrected chi connectivity index (χ2v) is 5.43. The van der Waals surface area contributed by atoms with E-state index in [1.165, 1.54) is 22.3 Å². The fourth-order valence-corrected chi connectivity index (χ4v) is 2.43. The molecule has 0 N–H and O–H groups in total. The summed E-state index contributed by atoms with van der Waals surface area (Å²) < 4.78 is 0. The molecule has 2 rings (SSSR count). The topological polar surface area (TPSA) is 3.24 Å². The summed E-state index contributed by atoms with van der Waals surface area (Å²) in [6, 6.07) is 21.7. The zero-order chi connectivity index (χ0) is 14.5. The van der Waals surface area contributed by atoms with Gasteiger partial charge in [-0.25, -0.2) is 0 Å². The molecule has 0 amide bonds. The third-order valence-corrected chi connectivity index (χ3v) is 3.92. The Balaban J connectivity index is 2.59. The predicted octanol–water partition coefficient (Wildman–Crippen LogP) is 4.46. The van der Waals surface area contributed by atoms with Gasteiger partial charge in [-0.1, -0.05) is 60.7 Å². The minimum atomic E-state index is 0.408. The van der Waals surface area contributed by atoms with Gasteiger partial charge in [-0.3, -0.25) is 0 Å². The van der Waals surface area contributed by atoms with Crippen molar-refractivity contribution in [3.8, 4) is 0 Å². The number of hydrogen-bond donors (Lipinski definition) is 0. The van der Waals surface area contributed by atoms with Crippen LogP contribution in [0.2, 0.25) is 0 Å². The maximum atomic E-state index is 2.25. The highest BCUT2D eigenvalue weighted by Gasteiger charge is 2.14. The molecular weight excluding hydrogens is 242 g/mol. The second kappa shape index (κ2) is 6.53. The van der Waals surface area contributed by atoms with Crippen molar-refractivity contribution in [2.75, 3.05) is 14.1 Å². The molecule has 0 aliphatic carbocycles. The summed E-state index contributed by atoms with van der Waals surface area (Å²) in [6.45, 7) is 4.49. The van der Waals surface area contributed by atoms with Crippen LogP contribution in [-0.4, -0.2) is 25.0 Å². The Morgan fingerprint density at radius 1 is 0.800 bits per heavy atom. The molecule has 0 saturated carbocycles. The van der Waals surface area contributed by atoms with Gasteiger partial charge in [0.1, 0.15) is 0 Å². The minimum absolute atomic E-state index is 0.408. The second-order valence-electron chi connectivity index (χ2n) is 5.43. The monoisotopic (exact) mass is 265 g/mol. The van der Waals surface area contributed by atoms with Crippen molar-refractivity contribution in [2.45, 2.75) is 19.9 Å². The molecule has 0 aliphatic heterocycles. The lowest BCUT2D eigenvalue weighted by molar-refractivity contribution is 0.351. The van der Waals surface area contributed by atoms with E-state index in [0.29, 0.717) is 6.04 Å². The lowest BCUT2D eigenvalue weighted by Gasteiger charge is -2.24. The lowest BCUT2D eigenvalue weighted by atomic mass is 9.90. The van der Waals surface area contributed by atoms with Crippen LogP contribution in [0.25, 0.3) is 5.57 Å². The summed E-state index contributed by atoms with van der Waals surface area (Å²) >= 11 is 0. The predicted molar refractivity (Wildman–Crippen MR) is 87.7 cm³/mol. The quantitative estimate of drug-likeness (QED) is 0.789. The first-order chi connectivity index (χ1) is 9.61. The van der Waals surface area contributed by atoms with Gasteiger partial charge in [0, 0.05) is 6.04 Å². The largest absolute Gasteiger partial charge is 0.303 e. The van der Waals surface area contributed by atoms with Gasteiger partial charge in [0.25, 0.3) is 0 Å². The molecule has 1 unspecified atom stereocenters. The van der Waals surface area contributed by atoms with Gasteiger partial charge in [-0.05, 0) is 50.2 Å². The van der Waals surface area contributed by atoms with E-state index < -0.39 is 0 Å². The molecule has 20 heavy (non-hydrogen) atoms. The van der Waals surface area contributed by atoms with Gasteiger partial charge in [0.15, 0.2) is 0 Å². The molecule has 0 fully saturated rings. The Kier molecular flexibility index (Phi) is 4.75. The number of benzene rings is 2. The Hall–Kier alpha value is -1.86. The smallest absolute Gasteiger partial charge is 0.0279 e. The minimum Gasteiger partial charge on any atom is -0.303 e. The summed E-state index contributed by atoms with van der Waals surface area (Å²) in [4.78, 5) is 2.25. The standard InChI is InChI=1S/C19H23N/c1-15(16(2)20(3)4)19(17-11-7-5-8-12-17)18-13-9-6-10-14-18/h5-14,16H,1-4H3. The summed E-state index contributed by atoms with van der Waals surface area (Å²) in [5.41, 5.74) is 5.30. The fourth-order valence-electron chi connectivity index (χ4n) is 2.43. The van der Waals surface area contributed by atoms with Crippen molar-refractivity contribution < 1.29 is 0 Å². The normalized spacial score (nSPS) is 12.2. The van der Waals surface area contributed by atoms with Crippen LogP contribution in [0, 0.1) is 0 Å². The highest BCUT2D eigenvalue weighted by atomic mass is 15.1. The summed E-state index contributed by atoms with van der Waals surface area (Å²) in [5, 5.41) is 0. The first kappa shape index (κ1) is 14.5. The van der Waals surface area contributed by atoms with Gasteiger partial charge in [0.2, 0.25) is 0 Å². The summed E-state index contributed by atoms with van der Waals surface area (Å²) in [7, 11) is 4.25. The van der Waals surface area contributed by atoms with Crippen molar-refractivity contribution >= 4 is 5.57 Å². The Morgan fingerprint density at radius 2 is 1.20 bits per heavy atom. The van der Waals surface area contributed by atoms with Crippen LogP contribution < -0.4 is 0 Å². The summed E-state index contributed by atoms with van der Waals surface area (Å²) in [6.07, 6.45) is 0. The van der Waals surface area contributed by atoms with Crippen LogP contribution in [0.3, 0.4) is 0 Å². The highest BCUT2D eigenvalue weighted by Crippen LogP contribution is 2.29. The van der Waals surface area contributed by atoms with E-state index in [-0.39, 0.29) is 0 Å². The molecule has 104 valence electrons. The highest BCUT2D eigenvalue weighted by molar-refractivity contribution is 5.82. The van der Waals surface area contributed by atoms with Gasteiger partial charge in [-0.15, -0.1) is 0 Å². The molecule has 0 spiro atoms. The van der Waals surface area contributed by atoms with Crippen LogP contribution in [-0.2, 0) is 0 Å². The van der Waals surface area contributed by atoms with Crippen LogP contribution in [0.5, 0.6) is 0 Å². The third kappa shape index (κ3) is 3.17. The molecule has 1 atom stereocenters. The third-order valence-electron chi connectivity index (χ3n) is 3.92. The zero-order valence-corrected chi connectivity index (χ0v) is 12.8. The molecule has 0 heterocycles. The van der Waals surface area contributed by atoms with E-state index in [2.05, 4.69) is 93.5 Å². The van der Waals surface area contributed by atoms with Gasteiger partial charge in [0.05, 0.1) is 0 Å². The van der Waals surface area contributed by atoms with E-state index in [1.54, 1.807) is 0 Å². The van der Waals surface area contributed by atoms with Gasteiger partial charge < -0.3 is 4.90 Å². The lowest BCUT2D eigenvalue weighted by Crippen LogP contribution is -2.26. The molecule has 0 aromatic heterocycles. The first-order valence-corrected chi connectivity index (χ1v) is 7.09. The molecule has 2 aromatic carbocycles. The van der Waals surface area contributed by atoms with Crippen LogP contribution in [0.1, 0.15) is 25.0 Å². The summed E-state index contributed by atoms with van der Waals surface area (Å²) in [5.74, 6) is 0. The van der Waals surface area contributed by atoms with Crippen molar-refractivity contribution in [1.82, 2.24) is 4.90 Å². The van der Waals surface area contributed by atoms with E-state index in [0.717, 1.165) is 0 Å². The van der Waals surface area contributed by atoms with Crippen molar-refractivity contribution in [3.63, 3.8) is 0 Å². The number of rotatable bonds is 4. The first-order valence-electron chi connectivity index (χ1n) is 7.09. The van der Waals surface area contributed by atoms with E-state index in [1.807, 2.05) is 0 Å². The zero-order valence-electron chi connectivity index (χ0n) is 12.8. The number of hydrogen-bond acceptors (Lipinski definition) is 1. The molecule has 2 aromatic rings. The van der Waals surface area contributed by atoms with Gasteiger partial charge in [-0.2, -0.15) is 0 Å². The fraction of sp³-hybridized carbons (Fsp3) is 0.263. The molecule has 0 radical (unpaired) electrons. The number of nitrogens with zero attached hydrogens (tertiary/aromatic N) is 1. The average Bonchev–Trinajstić information content (AvgIpc) is 2.48. The molecule has 0 bridgehead atoms.